The molecule has 2 aromatic rings. The highest BCUT2D eigenvalue weighted by molar-refractivity contribution is 5.45. The van der Waals surface area contributed by atoms with Crippen molar-refractivity contribution in [3.05, 3.63) is 58.9 Å². The summed E-state index contributed by atoms with van der Waals surface area (Å²) in [6, 6.07) is 10.8. The Kier molecular flexibility index (Phi) is 5.25. The molecule has 0 saturated heterocycles. The maximum absolute atomic E-state index is 14.6. The summed E-state index contributed by atoms with van der Waals surface area (Å²) in [5.41, 5.74) is 2.85. The molecule has 2 aromatic carbocycles. The van der Waals surface area contributed by atoms with Crippen molar-refractivity contribution >= 4 is 0 Å². The molecule has 0 bridgehead atoms. The van der Waals surface area contributed by atoms with Gasteiger partial charge in [-0.2, -0.15) is 0 Å². The third-order valence-electron chi connectivity index (χ3n) is 4.63. The number of nitrogens with zero attached hydrogens (tertiary/aromatic N) is 1. The third-order valence-corrected chi connectivity index (χ3v) is 4.63. The first-order chi connectivity index (χ1) is 12.0. The Hall–Kier alpha value is -2.11. The molecule has 2 atom stereocenters. The summed E-state index contributed by atoms with van der Waals surface area (Å²) in [6.45, 7) is 3.37. The fourth-order valence-corrected chi connectivity index (χ4v) is 3.32. The van der Waals surface area contributed by atoms with Crippen LogP contribution in [0.5, 0.6) is 11.5 Å². The fraction of sp³-hybridized carbons (Fsp3) is 0.400. The second kappa shape index (κ2) is 7.42. The summed E-state index contributed by atoms with van der Waals surface area (Å²) in [5.74, 6) is 0.845. The maximum atomic E-state index is 14.6. The number of likely N-dealkylation sites (N-methyl/N-ethyl adjacent to an activating group) is 1. The van der Waals surface area contributed by atoms with Crippen LogP contribution in [0.2, 0.25) is 0 Å². The molecule has 0 aliphatic carbocycles. The summed E-state index contributed by atoms with van der Waals surface area (Å²) in [5, 5.41) is 9.69. The zero-order chi connectivity index (χ0) is 18.0. The molecule has 0 radical (unpaired) electrons. The first-order valence-corrected chi connectivity index (χ1v) is 8.51. The second-order valence-corrected chi connectivity index (χ2v) is 6.48. The highest BCUT2D eigenvalue weighted by atomic mass is 19.1. The van der Waals surface area contributed by atoms with E-state index in [2.05, 4.69) is 4.90 Å². The first kappa shape index (κ1) is 17.7. The Balaban J connectivity index is 1.96. The molecule has 0 spiro atoms. The molecular weight excluding hydrogens is 321 g/mol. The van der Waals surface area contributed by atoms with Crippen LogP contribution in [0.25, 0.3) is 0 Å². The minimum absolute atomic E-state index is 0.0511. The summed E-state index contributed by atoms with van der Waals surface area (Å²) >= 11 is 0. The third kappa shape index (κ3) is 3.78. The number of benzene rings is 2. The van der Waals surface area contributed by atoms with Crippen molar-refractivity contribution in [1.82, 2.24) is 4.90 Å². The van der Waals surface area contributed by atoms with Gasteiger partial charge in [-0.1, -0.05) is 19.1 Å². The van der Waals surface area contributed by atoms with Gasteiger partial charge in [-0.3, -0.25) is 0 Å². The van der Waals surface area contributed by atoms with E-state index in [1.54, 1.807) is 12.1 Å². The molecule has 0 amide bonds. The van der Waals surface area contributed by atoms with E-state index in [9.17, 15) is 9.50 Å². The van der Waals surface area contributed by atoms with Crippen LogP contribution in [0.1, 0.15) is 36.0 Å². The molecule has 134 valence electrons. The van der Waals surface area contributed by atoms with Crippen LogP contribution < -0.4 is 9.47 Å². The first-order valence-electron chi connectivity index (χ1n) is 8.51. The van der Waals surface area contributed by atoms with E-state index in [1.165, 1.54) is 13.2 Å². The van der Waals surface area contributed by atoms with Gasteiger partial charge in [-0.25, -0.2) is 4.39 Å². The van der Waals surface area contributed by atoms with Crippen LogP contribution in [0, 0.1) is 5.82 Å². The molecule has 5 heteroatoms. The minimum atomic E-state index is -0.811. The number of hydrogen-bond acceptors (Lipinski definition) is 4. The lowest BCUT2D eigenvalue weighted by atomic mass is 9.84. The maximum Gasteiger partial charge on any atom is 0.197 e. The standard InChI is InChI=1S/C20H24FNO3/c1-4-20(23)25-15-6-7-16-13(9-15)11-22(2)12-18(16)17-8-5-14(24-3)10-19(17)21/h5-10,18,20,23H,4,11-12H2,1-3H3. The van der Waals surface area contributed by atoms with Gasteiger partial charge in [0.25, 0.3) is 0 Å². The van der Waals surface area contributed by atoms with E-state index >= 15 is 0 Å². The smallest absolute Gasteiger partial charge is 0.197 e. The van der Waals surface area contributed by atoms with Crippen LogP contribution in [0.3, 0.4) is 0 Å². The molecule has 1 heterocycles. The normalized spacial score (nSPS) is 18.5. The van der Waals surface area contributed by atoms with Gasteiger partial charge in [0.1, 0.15) is 17.3 Å². The van der Waals surface area contributed by atoms with Gasteiger partial charge in [0.15, 0.2) is 6.29 Å². The Morgan fingerprint density at radius 3 is 2.60 bits per heavy atom. The predicted molar refractivity (Wildman–Crippen MR) is 94.5 cm³/mol. The lowest BCUT2D eigenvalue weighted by Gasteiger charge is -2.33. The van der Waals surface area contributed by atoms with Gasteiger partial charge in [0.2, 0.25) is 0 Å². The van der Waals surface area contributed by atoms with Crippen LogP contribution in [0.4, 0.5) is 4.39 Å². The quantitative estimate of drug-likeness (QED) is 0.842. The lowest BCUT2D eigenvalue weighted by Crippen LogP contribution is -2.31. The van der Waals surface area contributed by atoms with Crippen LogP contribution >= 0.6 is 0 Å². The van der Waals surface area contributed by atoms with Gasteiger partial charge in [-0.15, -0.1) is 0 Å². The minimum Gasteiger partial charge on any atom is -0.497 e. The second-order valence-electron chi connectivity index (χ2n) is 6.48. The monoisotopic (exact) mass is 345 g/mol. The molecule has 2 unspecified atom stereocenters. The van der Waals surface area contributed by atoms with Crippen LogP contribution in [0.15, 0.2) is 36.4 Å². The summed E-state index contributed by atoms with van der Waals surface area (Å²) in [7, 11) is 3.55. The number of halogens is 1. The van der Waals surface area contributed by atoms with Gasteiger partial charge in [0, 0.05) is 31.5 Å². The van der Waals surface area contributed by atoms with Gasteiger partial charge in [-0.05, 0) is 41.9 Å². The summed E-state index contributed by atoms with van der Waals surface area (Å²) in [6.07, 6.45) is -0.286. The molecule has 1 aliphatic heterocycles. The molecule has 0 saturated carbocycles. The zero-order valence-electron chi connectivity index (χ0n) is 14.8. The van der Waals surface area contributed by atoms with Crippen molar-refractivity contribution in [2.24, 2.45) is 0 Å². The molecule has 3 rings (SSSR count). The molecule has 1 N–H and O–H groups in total. The van der Waals surface area contributed by atoms with Gasteiger partial charge >= 0.3 is 0 Å². The number of aliphatic hydroxyl groups is 1. The SMILES string of the molecule is CCC(O)Oc1ccc2c(c1)CN(C)CC2c1ccc(OC)cc1F. The Bertz CT molecular complexity index is 750. The largest absolute Gasteiger partial charge is 0.497 e. The Morgan fingerprint density at radius 1 is 1.20 bits per heavy atom. The van der Waals surface area contributed by atoms with Crippen molar-refractivity contribution < 1.29 is 19.0 Å². The molecule has 0 fully saturated rings. The van der Waals surface area contributed by atoms with Crippen molar-refractivity contribution in [2.75, 3.05) is 20.7 Å². The highest BCUT2D eigenvalue weighted by Gasteiger charge is 2.27. The average Bonchev–Trinajstić information content (AvgIpc) is 2.60. The van der Waals surface area contributed by atoms with Gasteiger partial charge in [0.05, 0.1) is 7.11 Å². The van der Waals surface area contributed by atoms with Crippen LogP contribution in [-0.2, 0) is 6.54 Å². The highest BCUT2D eigenvalue weighted by Crippen LogP contribution is 2.36. The van der Waals surface area contributed by atoms with E-state index in [4.69, 9.17) is 9.47 Å². The van der Waals surface area contributed by atoms with Crippen molar-refractivity contribution in [3.8, 4) is 11.5 Å². The van der Waals surface area contributed by atoms with E-state index in [1.807, 2.05) is 32.2 Å². The fourth-order valence-electron chi connectivity index (χ4n) is 3.32. The van der Waals surface area contributed by atoms with Crippen molar-refractivity contribution in [2.45, 2.75) is 32.1 Å². The Labute approximate surface area is 147 Å². The zero-order valence-corrected chi connectivity index (χ0v) is 14.8. The average molecular weight is 345 g/mol. The summed E-state index contributed by atoms with van der Waals surface area (Å²) < 4.78 is 25.2. The number of methoxy groups -OCH3 is 1. The topological polar surface area (TPSA) is 41.9 Å². The number of aliphatic hydroxyl groups excluding tert-OH is 1. The number of hydrogen-bond donors (Lipinski definition) is 1. The number of rotatable bonds is 5. The van der Waals surface area contributed by atoms with Crippen LogP contribution in [-0.4, -0.2) is 37.0 Å². The Morgan fingerprint density at radius 2 is 1.92 bits per heavy atom. The van der Waals surface area contributed by atoms with E-state index in [-0.39, 0.29) is 11.7 Å². The van der Waals surface area contributed by atoms with Gasteiger partial charge < -0.3 is 19.5 Å². The van der Waals surface area contributed by atoms with Crippen molar-refractivity contribution in [1.29, 1.82) is 0 Å². The lowest BCUT2D eigenvalue weighted by molar-refractivity contribution is -0.0192. The molecule has 4 nitrogen and oxygen atoms in total. The molecule has 25 heavy (non-hydrogen) atoms. The number of ether oxygens (including phenoxy) is 2. The van der Waals surface area contributed by atoms with Crippen molar-refractivity contribution in [3.63, 3.8) is 0 Å². The number of fused-ring (bicyclic) bond motifs is 1. The van der Waals surface area contributed by atoms with E-state index in [0.29, 0.717) is 23.5 Å². The van der Waals surface area contributed by atoms with E-state index in [0.717, 1.165) is 24.2 Å². The summed E-state index contributed by atoms with van der Waals surface area (Å²) in [4.78, 5) is 2.16. The molecule has 1 aliphatic rings. The predicted octanol–water partition coefficient (Wildman–Crippen LogP) is 3.52. The molecular formula is C20H24FNO3. The van der Waals surface area contributed by atoms with E-state index < -0.39 is 6.29 Å². The molecule has 0 aromatic heterocycles.